The fourth-order valence-corrected chi connectivity index (χ4v) is 5.45. The SMILES string of the molecule is CCC(CC)CS(=O)(=O)N1CCCC(N2CCNCC2=O)C1. The van der Waals surface area contributed by atoms with Gasteiger partial charge in [0.25, 0.3) is 0 Å². The summed E-state index contributed by atoms with van der Waals surface area (Å²) in [4.78, 5) is 13.9. The quantitative estimate of drug-likeness (QED) is 0.776. The Morgan fingerprint density at radius 2 is 2.00 bits per heavy atom. The number of piperazine rings is 1. The van der Waals surface area contributed by atoms with Gasteiger partial charge in [-0.25, -0.2) is 8.42 Å². The predicted molar refractivity (Wildman–Crippen MR) is 87.0 cm³/mol. The summed E-state index contributed by atoms with van der Waals surface area (Å²) >= 11 is 0. The van der Waals surface area contributed by atoms with Crippen molar-refractivity contribution in [2.75, 3.05) is 38.5 Å². The van der Waals surface area contributed by atoms with Gasteiger partial charge in [0, 0.05) is 32.2 Å². The minimum atomic E-state index is -3.22. The lowest BCUT2D eigenvalue weighted by Crippen LogP contribution is -2.57. The van der Waals surface area contributed by atoms with Crippen LogP contribution in [0.15, 0.2) is 0 Å². The van der Waals surface area contributed by atoms with Crippen LogP contribution in [0.25, 0.3) is 0 Å². The Balaban J connectivity index is 2.01. The highest BCUT2D eigenvalue weighted by Gasteiger charge is 2.34. The van der Waals surface area contributed by atoms with Gasteiger partial charge in [-0.05, 0) is 18.8 Å². The van der Waals surface area contributed by atoms with Gasteiger partial charge in [0.15, 0.2) is 0 Å². The molecule has 0 saturated carbocycles. The van der Waals surface area contributed by atoms with E-state index in [1.54, 1.807) is 4.31 Å². The molecule has 1 N–H and O–H groups in total. The first-order valence-electron chi connectivity index (χ1n) is 8.46. The molecular formula is C15H29N3O3S. The zero-order chi connectivity index (χ0) is 16.2. The fraction of sp³-hybridized carbons (Fsp3) is 0.933. The second-order valence-corrected chi connectivity index (χ2v) is 8.39. The normalized spacial score (nSPS) is 25.0. The molecule has 0 radical (unpaired) electrons. The first kappa shape index (κ1) is 17.7. The molecule has 128 valence electrons. The van der Waals surface area contributed by atoms with Crippen LogP contribution in [-0.2, 0) is 14.8 Å². The van der Waals surface area contributed by atoms with Gasteiger partial charge in [0.1, 0.15) is 0 Å². The van der Waals surface area contributed by atoms with Crippen molar-refractivity contribution in [2.45, 2.75) is 45.6 Å². The van der Waals surface area contributed by atoms with Crippen LogP contribution in [0, 0.1) is 5.92 Å². The van der Waals surface area contributed by atoms with Gasteiger partial charge in [-0.1, -0.05) is 26.7 Å². The van der Waals surface area contributed by atoms with Crippen molar-refractivity contribution >= 4 is 15.9 Å². The largest absolute Gasteiger partial charge is 0.336 e. The number of nitrogens with zero attached hydrogens (tertiary/aromatic N) is 2. The van der Waals surface area contributed by atoms with Gasteiger partial charge < -0.3 is 10.2 Å². The van der Waals surface area contributed by atoms with Crippen molar-refractivity contribution in [3.05, 3.63) is 0 Å². The average Bonchev–Trinajstić information content (AvgIpc) is 2.53. The van der Waals surface area contributed by atoms with Crippen LogP contribution in [0.4, 0.5) is 0 Å². The summed E-state index contributed by atoms with van der Waals surface area (Å²) in [5.74, 6) is 0.559. The smallest absolute Gasteiger partial charge is 0.236 e. The number of carbonyl (C=O) groups is 1. The third kappa shape index (κ3) is 4.20. The van der Waals surface area contributed by atoms with E-state index in [9.17, 15) is 13.2 Å². The Labute approximate surface area is 134 Å². The summed E-state index contributed by atoms with van der Waals surface area (Å²) in [6.07, 6.45) is 3.53. The molecule has 2 aliphatic rings. The minimum Gasteiger partial charge on any atom is -0.336 e. The third-order valence-electron chi connectivity index (χ3n) is 4.92. The number of hydrogen-bond donors (Lipinski definition) is 1. The lowest BCUT2D eigenvalue weighted by molar-refractivity contribution is -0.135. The standard InChI is InChI=1S/C15H29N3O3S/c1-3-13(4-2)12-22(20,21)17-8-5-6-14(11-17)18-9-7-16-10-15(18)19/h13-14,16H,3-12H2,1-2H3. The molecule has 0 aromatic carbocycles. The molecular weight excluding hydrogens is 302 g/mol. The minimum absolute atomic E-state index is 0.0415. The summed E-state index contributed by atoms with van der Waals surface area (Å²) < 4.78 is 26.9. The summed E-state index contributed by atoms with van der Waals surface area (Å²) in [6, 6.07) is 0.0415. The predicted octanol–water partition coefficient (Wildman–Crippen LogP) is 0.649. The Morgan fingerprint density at radius 1 is 1.27 bits per heavy atom. The number of nitrogens with one attached hydrogen (secondary N) is 1. The van der Waals surface area contributed by atoms with Gasteiger partial charge in [-0.3, -0.25) is 4.79 Å². The van der Waals surface area contributed by atoms with Crippen LogP contribution in [-0.4, -0.2) is 68.0 Å². The van der Waals surface area contributed by atoms with E-state index in [0.29, 0.717) is 26.2 Å². The Hall–Kier alpha value is -0.660. The molecule has 7 heteroatoms. The molecule has 2 aliphatic heterocycles. The van der Waals surface area contributed by atoms with Crippen molar-refractivity contribution in [1.29, 1.82) is 0 Å². The van der Waals surface area contributed by atoms with E-state index in [1.807, 2.05) is 18.7 Å². The molecule has 0 aliphatic carbocycles. The topological polar surface area (TPSA) is 69.7 Å². The number of sulfonamides is 1. The van der Waals surface area contributed by atoms with E-state index in [1.165, 1.54) is 0 Å². The molecule has 2 rings (SSSR count). The highest BCUT2D eigenvalue weighted by atomic mass is 32.2. The van der Waals surface area contributed by atoms with Crippen molar-refractivity contribution < 1.29 is 13.2 Å². The lowest BCUT2D eigenvalue weighted by atomic mass is 10.1. The van der Waals surface area contributed by atoms with Crippen LogP contribution < -0.4 is 5.32 Å². The molecule has 1 unspecified atom stereocenters. The summed E-state index contributed by atoms with van der Waals surface area (Å²) in [5.41, 5.74) is 0. The average molecular weight is 331 g/mol. The van der Waals surface area contributed by atoms with Crippen LogP contribution in [0.5, 0.6) is 0 Å². The summed E-state index contributed by atoms with van der Waals surface area (Å²) in [7, 11) is -3.22. The van der Waals surface area contributed by atoms with Gasteiger partial charge in [-0.2, -0.15) is 4.31 Å². The first-order valence-corrected chi connectivity index (χ1v) is 10.1. The summed E-state index contributed by atoms with van der Waals surface area (Å²) in [6.45, 7) is 7.00. The number of carbonyl (C=O) groups excluding carboxylic acids is 1. The fourth-order valence-electron chi connectivity index (χ4n) is 3.36. The zero-order valence-corrected chi connectivity index (χ0v) is 14.6. The molecule has 0 bridgehead atoms. The molecule has 6 nitrogen and oxygen atoms in total. The van der Waals surface area contributed by atoms with Gasteiger partial charge in [0.05, 0.1) is 12.3 Å². The highest BCUT2D eigenvalue weighted by Crippen LogP contribution is 2.22. The van der Waals surface area contributed by atoms with E-state index in [0.717, 1.165) is 32.2 Å². The Bertz CT molecular complexity index is 476. The second-order valence-electron chi connectivity index (χ2n) is 6.38. The van der Waals surface area contributed by atoms with Crippen LogP contribution in [0.2, 0.25) is 0 Å². The number of rotatable bonds is 6. The second kappa shape index (κ2) is 7.75. The van der Waals surface area contributed by atoms with Crippen molar-refractivity contribution in [3.8, 4) is 0 Å². The monoisotopic (exact) mass is 331 g/mol. The molecule has 1 amide bonds. The van der Waals surface area contributed by atoms with Crippen molar-refractivity contribution in [1.82, 2.24) is 14.5 Å². The first-order chi connectivity index (χ1) is 10.5. The molecule has 0 aromatic heterocycles. The third-order valence-corrected chi connectivity index (χ3v) is 6.93. The van der Waals surface area contributed by atoms with E-state index >= 15 is 0 Å². The van der Waals surface area contributed by atoms with Crippen LogP contribution in [0.3, 0.4) is 0 Å². The van der Waals surface area contributed by atoms with Gasteiger partial charge >= 0.3 is 0 Å². The van der Waals surface area contributed by atoms with Crippen LogP contribution in [0.1, 0.15) is 39.5 Å². The molecule has 0 aromatic rings. The number of piperidine rings is 1. The van der Waals surface area contributed by atoms with E-state index in [4.69, 9.17) is 0 Å². The Kier molecular flexibility index (Phi) is 6.23. The molecule has 2 fully saturated rings. The molecule has 2 saturated heterocycles. The van der Waals surface area contributed by atoms with Crippen molar-refractivity contribution in [2.24, 2.45) is 5.92 Å². The molecule has 0 spiro atoms. The van der Waals surface area contributed by atoms with E-state index in [-0.39, 0.29) is 23.6 Å². The highest BCUT2D eigenvalue weighted by molar-refractivity contribution is 7.89. The number of hydrogen-bond acceptors (Lipinski definition) is 4. The summed E-state index contributed by atoms with van der Waals surface area (Å²) in [5, 5.41) is 3.06. The molecule has 2 heterocycles. The maximum Gasteiger partial charge on any atom is 0.236 e. The number of amides is 1. The zero-order valence-electron chi connectivity index (χ0n) is 13.8. The molecule has 1 atom stereocenters. The van der Waals surface area contributed by atoms with Gasteiger partial charge in [0.2, 0.25) is 15.9 Å². The van der Waals surface area contributed by atoms with Crippen LogP contribution >= 0.6 is 0 Å². The molecule has 22 heavy (non-hydrogen) atoms. The lowest BCUT2D eigenvalue weighted by Gasteiger charge is -2.40. The Morgan fingerprint density at radius 3 is 2.64 bits per heavy atom. The van der Waals surface area contributed by atoms with E-state index in [2.05, 4.69) is 5.32 Å². The van der Waals surface area contributed by atoms with Gasteiger partial charge in [-0.15, -0.1) is 0 Å². The van der Waals surface area contributed by atoms with E-state index < -0.39 is 10.0 Å². The van der Waals surface area contributed by atoms with Crippen molar-refractivity contribution in [3.63, 3.8) is 0 Å². The maximum atomic E-state index is 12.6. The maximum absolute atomic E-state index is 12.6.